The first-order valence-corrected chi connectivity index (χ1v) is 7.07. The molecule has 1 unspecified atom stereocenters. The molecule has 1 N–H and O–H groups in total. The molecule has 0 aliphatic carbocycles. The van der Waals surface area contributed by atoms with Crippen molar-refractivity contribution < 1.29 is 13.5 Å². The van der Waals surface area contributed by atoms with Crippen LogP contribution in [-0.2, 0) is 0 Å². The maximum atomic E-state index is 14.1. The number of halogens is 2. The van der Waals surface area contributed by atoms with E-state index in [1.54, 1.807) is 24.3 Å². The molecule has 0 aliphatic rings. The van der Waals surface area contributed by atoms with Crippen molar-refractivity contribution in [3.63, 3.8) is 0 Å². The zero-order chi connectivity index (χ0) is 15.2. The van der Waals surface area contributed by atoms with E-state index in [0.717, 1.165) is 13.0 Å². The molecule has 0 bridgehead atoms. The highest BCUT2D eigenvalue weighted by Gasteiger charge is 2.17. The monoisotopic (exact) mass is 291 g/mol. The first kappa shape index (κ1) is 15.4. The molecule has 2 nitrogen and oxygen atoms in total. The second-order valence-corrected chi connectivity index (χ2v) is 4.87. The van der Waals surface area contributed by atoms with E-state index in [0.29, 0.717) is 5.56 Å². The first-order chi connectivity index (χ1) is 10.1. The molecule has 2 rings (SSSR count). The predicted molar refractivity (Wildman–Crippen MR) is 79.6 cm³/mol. The van der Waals surface area contributed by atoms with Crippen LogP contribution in [0.5, 0.6) is 11.5 Å². The summed E-state index contributed by atoms with van der Waals surface area (Å²) in [6.07, 6.45) is 0.975. The summed E-state index contributed by atoms with van der Waals surface area (Å²) in [4.78, 5) is 0. The van der Waals surface area contributed by atoms with Crippen LogP contribution < -0.4 is 10.1 Å². The highest BCUT2D eigenvalue weighted by molar-refractivity contribution is 5.41. The molecule has 0 aromatic heterocycles. The van der Waals surface area contributed by atoms with Crippen molar-refractivity contribution in [2.24, 2.45) is 0 Å². The largest absolute Gasteiger partial charge is 0.451 e. The molecule has 0 aliphatic heterocycles. The van der Waals surface area contributed by atoms with E-state index in [2.05, 4.69) is 12.2 Å². The van der Waals surface area contributed by atoms with Crippen LogP contribution in [0.2, 0.25) is 0 Å². The molecule has 0 amide bonds. The van der Waals surface area contributed by atoms with E-state index < -0.39 is 11.6 Å². The van der Waals surface area contributed by atoms with E-state index >= 15 is 0 Å². The standard InChI is InChI=1S/C17H19F2NO/c1-3-11-20-12(2)13-7-6-9-15(19)17(13)21-16-10-5-4-8-14(16)18/h4-10,12,20H,3,11H2,1-2H3. The van der Waals surface area contributed by atoms with Gasteiger partial charge in [0, 0.05) is 11.6 Å². The van der Waals surface area contributed by atoms with E-state index in [4.69, 9.17) is 4.74 Å². The molecule has 2 aromatic carbocycles. The first-order valence-electron chi connectivity index (χ1n) is 7.07. The maximum absolute atomic E-state index is 14.1. The summed E-state index contributed by atoms with van der Waals surface area (Å²) in [6, 6.07) is 10.6. The number of nitrogens with one attached hydrogen (secondary N) is 1. The van der Waals surface area contributed by atoms with Gasteiger partial charge in [0.2, 0.25) is 0 Å². The Bertz CT molecular complexity index is 601. The fraction of sp³-hybridized carbons (Fsp3) is 0.294. The van der Waals surface area contributed by atoms with Crippen molar-refractivity contribution >= 4 is 0 Å². The molecule has 21 heavy (non-hydrogen) atoms. The third-order valence-corrected chi connectivity index (χ3v) is 3.21. The summed E-state index contributed by atoms with van der Waals surface area (Å²) in [5.41, 5.74) is 0.673. The van der Waals surface area contributed by atoms with Crippen molar-refractivity contribution in [1.82, 2.24) is 5.32 Å². The number of hydrogen-bond donors (Lipinski definition) is 1. The molecule has 1 atom stereocenters. The van der Waals surface area contributed by atoms with Crippen LogP contribution in [-0.4, -0.2) is 6.54 Å². The lowest BCUT2D eigenvalue weighted by Crippen LogP contribution is -2.20. The summed E-state index contributed by atoms with van der Waals surface area (Å²) < 4.78 is 33.2. The molecule has 4 heteroatoms. The van der Waals surface area contributed by atoms with Crippen LogP contribution in [0.15, 0.2) is 42.5 Å². The summed E-state index contributed by atoms with van der Waals surface area (Å²) >= 11 is 0. The molecule has 0 spiro atoms. The molecular formula is C17H19F2NO. The fourth-order valence-corrected chi connectivity index (χ4v) is 2.08. The van der Waals surface area contributed by atoms with E-state index in [1.165, 1.54) is 18.2 Å². The SMILES string of the molecule is CCCNC(C)c1cccc(F)c1Oc1ccccc1F. The lowest BCUT2D eigenvalue weighted by molar-refractivity contribution is 0.402. The minimum atomic E-state index is -0.513. The summed E-state index contributed by atoms with van der Waals surface area (Å²) in [7, 11) is 0. The summed E-state index contributed by atoms with van der Waals surface area (Å²) in [6.45, 7) is 4.80. The smallest absolute Gasteiger partial charge is 0.167 e. The van der Waals surface area contributed by atoms with Gasteiger partial charge in [-0.3, -0.25) is 0 Å². The Balaban J connectivity index is 2.32. The van der Waals surface area contributed by atoms with Gasteiger partial charge in [0.15, 0.2) is 23.1 Å². The average molecular weight is 291 g/mol. The molecular weight excluding hydrogens is 272 g/mol. The predicted octanol–water partition coefficient (Wildman–Crippen LogP) is 4.82. The Morgan fingerprint density at radius 3 is 2.48 bits per heavy atom. The molecule has 0 heterocycles. The van der Waals surface area contributed by atoms with E-state index in [-0.39, 0.29) is 17.5 Å². The quantitative estimate of drug-likeness (QED) is 0.824. The zero-order valence-corrected chi connectivity index (χ0v) is 12.2. The summed E-state index contributed by atoms with van der Waals surface area (Å²) in [5, 5.41) is 3.28. The molecule has 0 fully saturated rings. The molecule has 112 valence electrons. The van der Waals surface area contributed by atoms with Gasteiger partial charge in [-0.25, -0.2) is 8.78 Å². The number of benzene rings is 2. The lowest BCUT2D eigenvalue weighted by atomic mass is 10.1. The molecule has 0 saturated carbocycles. The molecule has 0 saturated heterocycles. The zero-order valence-electron chi connectivity index (χ0n) is 12.2. The average Bonchev–Trinajstić information content (AvgIpc) is 2.49. The van der Waals surface area contributed by atoms with Gasteiger partial charge in [-0.15, -0.1) is 0 Å². The second-order valence-electron chi connectivity index (χ2n) is 4.87. The van der Waals surface area contributed by atoms with Crippen molar-refractivity contribution in [2.75, 3.05) is 6.54 Å². The van der Waals surface area contributed by atoms with Gasteiger partial charge in [-0.05, 0) is 38.1 Å². The Labute approximate surface area is 123 Å². The Kier molecular flexibility index (Phi) is 5.28. The number of hydrogen-bond acceptors (Lipinski definition) is 2. The third kappa shape index (κ3) is 3.79. The van der Waals surface area contributed by atoms with Gasteiger partial charge < -0.3 is 10.1 Å². The highest BCUT2D eigenvalue weighted by atomic mass is 19.1. The summed E-state index contributed by atoms with van der Waals surface area (Å²) in [5.74, 6) is -0.924. The fourth-order valence-electron chi connectivity index (χ4n) is 2.08. The van der Waals surface area contributed by atoms with Crippen molar-refractivity contribution in [3.8, 4) is 11.5 Å². The Morgan fingerprint density at radius 2 is 1.76 bits per heavy atom. The van der Waals surface area contributed by atoms with Crippen LogP contribution in [0.4, 0.5) is 8.78 Å². The van der Waals surface area contributed by atoms with Gasteiger partial charge in [-0.1, -0.05) is 31.2 Å². The van der Waals surface area contributed by atoms with Crippen LogP contribution in [0.1, 0.15) is 31.9 Å². The third-order valence-electron chi connectivity index (χ3n) is 3.21. The lowest BCUT2D eigenvalue weighted by Gasteiger charge is -2.18. The van der Waals surface area contributed by atoms with Gasteiger partial charge in [0.25, 0.3) is 0 Å². The number of ether oxygens (including phenoxy) is 1. The van der Waals surface area contributed by atoms with Crippen molar-refractivity contribution in [2.45, 2.75) is 26.3 Å². The highest BCUT2D eigenvalue weighted by Crippen LogP contribution is 2.33. The number of para-hydroxylation sites is 2. The molecule has 0 radical (unpaired) electrons. The Hall–Kier alpha value is -1.94. The van der Waals surface area contributed by atoms with Crippen LogP contribution in [0.3, 0.4) is 0 Å². The minimum Gasteiger partial charge on any atom is -0.451 e. The van der Waals surface area contributed by atoms with Crippen LogP contribution in [0.25, 0.3) is 0 Å². The topological polar surface area (TPSA) is 21.3 Å². The van der Waals surface area contributed by atoms with Gasteiger partial charge in [-0.2, -0.15) is 0 Å². The van der Waals surface area contributed by atoms with Gasteiger partial charge >= 0.3 is 0 Å². The minimum absolute atomic E-state index is 0.0199. The maximum Gasteiger partial charge on any atom is 0.167 e. The van der Waals surface area contributed by atoms with Crippen LogP contribution in [0, 0.1) is 11.6 Å². The van der Waals surface area contributed by atoms with Gasteiger partial charge in [0.05, 0.1) is 0 Å². The van der Waals surface area contributed by atoms with E-state index in [9.17, 15) is 8.78 Å². The number of rotatable bonds is 6. The molecule has 2 aromatic rings. The van der Waals surface area contributed by atoms with Gasteiger partial charge in [0.1, 0.15) is 0 Å². The Morgan fingerprint density at radius 1 is 1.05 bits per heavy atom. The normalized spacial score (nSPS) is 12.2. The second kappa shape index (κ2) is 7.18. The van der Waals surface area contributed by atoms with Crippen molar-refractivity contribution in [3.05, 3.63) is 59.7 Å². The van der Waals surface area contributed by atoms with E-state index in [1.807, 2.05) is 6.92 Å². The van der Waals surface area contributed by atoms with Crippen molar-refractivity contribution in [1.29, 1.82) is 0 Å². The van der Waals surface area contributed by atoms with Crippen LogP contribution >= 0.6 is 0 Å².